The summed E-state index contributed by atoms with van der Waals surface area (Å²) in [6, 6.07) is -0.823. The average Bonchev–Trinajstić information content (AvgIpc) is 3.23. The van der Waals surface area contributed by atoms with Crippen LogP contribution in [-0.4, -0.2) is 87.5 Å². The Bertz CT molecular complexity index is 1020. The number of nitrogens with one attached hydrogen (secondary N) is 1. The fourth-order valence-electron chi connectivity index (χ4n) is 7.72. The van der Waals surface area contributed by atoms with Gasteiger partial charge in [0.05, 0.1) is 25.4 Å². The van der Waals surface area contributed by atoms with Crippen molar-refractivity contribution in [3.63, 3.8) is 0 Å². The third kappa shape index (κ3) is 31.0. The molecule has 1 rings (SSSR count). The second-order valence-electron chi connectivity index (χ2n) is 17.2. The average molecular weight is 836 g/mol. The van der Waals surface area contributed by atoms with Crippen LogP contribution in [0, 0.1) is 0 Å². The minimum Gasteiger partial charge on any atom is -0.394 e. The lowest BCUT2D eigenvalue weighted by molar-refractivity contribution is -0.302. The number of carbonyl (C=O) groups excluding carboxylic acids is 1. The molecule has 0 aromatic heterocycles. The molecule has 59 heavy (non-hydrogen) atoms. The largest absolute Gasteiger partial charge is 0.394 e. The first-order chi connectivity index (χ1) is 28.8. The van der Waals surface area contributed by atoms with Gasteiger partial charge in [-0.05, 0) is 44.9 Å². The summed E-state index contributed by atoms with van der Waals surface area (Å²) in [4.78, 5) is 12.9. The molecular formula is C50H93NO8. The van der Waals surface area contributed by atoms with Crippen LogP contribution in [0.25, 0.3) is 0 Å². The Kier molecular flexibility index (Phi) is 38.0. The van der Waals surface area contributed by atoms with Gasteiger partial charge < -0.3 is 40.3 Å². The monoisotopic (exact) mass is 836 g/mol. The zero-order chi connectivity index (χ0) is 43.0. The van der Waals surface area contributed by atoms with Gasteiger partial charge in [0.2, 0.25) is 5.91 Å². The summed E-state index contributed by atoms with van der Waals surface area (Å²) >= 11 is 0. The summed E-state index contributed by atoms with van der Waals surface area (Å²) < 4.78 is 11.2. The van der Waals surface area contributed by atoms with E-state index in [0.717, 1.165) is 44.9 Å². The number of hydrogen-bond donors (Lipinski definition) is 6. The summed E-state index contributed by atoms with van der Waals surface area (Å²) in [6.07, 6.45) is 43.6. The van der Waals surface area contributed by atoms with Crippen molar-refractivity contribution in [3.05, 3.63) is 36.5 Å². The van der Waals surface area contributed by atoms with Crippen molar-refractivity contribution in [2.45, 2.75) is 262 Å². The van der Waals surface area contributed by atoms with Crippen molar-refractivity contribution in [3.8, 4) is 0 Å². The van der Waals surface area contributed by atoms with Gasteiger partial charge in [-0.3, -0.25) is 4.79 Å². The fraction of sp³-hybridized carbons (Fsp3) is 0.860. The zero-order valence-electron chi connectivity index (χ0n) is 38.0. The summed E-state index contributed by atoms with van der Waals surface area (Å²) in [5.41, 5.74) is 0. The highest BCUT2D eigenvalue weighted by Gasteiger charge is 2.44. The molecule has 1 heterocycles. The standard InChI is InChI=1S/C50H93NO8/c1-3-5-7-9-11-13-15-16-17-18-19-20-21-22-23-24-25-26-27-28-29-30-31-33-35-37-39-44(53)43(42-58-50-49(57)48(56)47(55)45(41-52)59-50)51-46(54)40-38-36-34-32-14-12-10-8-6-4-2/h26-27,30-31,37,39,43-45,47-50,52-53,55-57H,3-25,28-29,32-36,38,40-42H2,1-2H3,(H,51,54)/b27-26+,31-30+,39-37+. The van der Waals surface area contributed by atoms with Gasteiger partial charge in [-0.15, -0.1) is 0 Å². The Morgan fingerprint density at radius 1 is 0.559 bits per heavy atom. The van der Waals surface area contributed by atoms with Gasteiger partial charge in [0.15, 0.2) is 6.29 Å². The summed E-state index contributed by atoms with van der Waals surface area (Å²) in [5, 5.41) is 54.1. The van der Waals surface area contributed by atoms with Gasteiger partial charge in [0.1, 0.15) is 24.4 Å². The number of aliphatic hydroxyl groups is 5. The first kappa shape index (κ1) is 55.4. The number of amides is 1. The van der Waals surface area contributed by atoms with Crippen LogP contribution in [0.2, 0.25) is 0 Å². The minimum absolute atomic E-state index is 0.193. The molecule has 1 aliphatic heterocycles. The zero-order valence-corrected chi connectivity index (χ0v) is 38.0. The predicted octanol–water partition coefficient (Wildman–Crippen LogP) is 10.8. The quantitative estimate of drug-likeness (QED) is 0.0263. The Balaban J connectivity index is 2.28. The first-order valence-electron chi connectivity index (χ1n) is 24.7. The van der Waals surface area contributed by atoms with E-state index < -0.39 is 49.5 Å². The topological polar surface area (TPSA) is 149 Å². The molecule has 1 aliphatic rings. The van der Waals surface area contributed by atoms with E-state index in [1.165, 1.54) is 154 Å². The van der Waals surface area contributed by atoms with E-state index in [-0.39, 0.29) is 12.5 Å². The Hall–Kier alpha value is -1.59. The highest BCUT2D eigenvalue weighted by Crippen LogP contribution is 2.23. The van der Waals surface area contributed by atoms with Crippen LogP contribution in [0.4, 0.5) is 0 Å². The molecule has 0 aromatic carbocycles. The van der Waals surface area contributed by atoms with Gasteiger partial charge in [-0.2, -0.15) is 0 Å². The van der Waals surface area contributed by atoms with E-state index in [9.17, 15) is 30.3 Å². The number of carbonyl (C=O) groups is 1. The molecule has 9 heteroatoms. The maximum absolute atomic E-state index is 12.9. The number of rotatable bonds is 41. The SMILES string of the molecule is CCCCCCCCCCCCCCCCCC/C=C/CC/C=C/CC/C=C/C(O)C(COC1OC(CO)C(O)C(O)C1O)NC(=O)CCCCCCCCCCCC. The molecule has 0 saturated carbocycles. The fourth-order valence-corrected chi connectivity index (χ4v) is 7.72. The molecule has 1 fully saturated rings. The van der Waals surface area contributed by atoms with E-state index in [1.807, 2.05) is 6.08 Å². The number of allylic oxidation sites excluding steroid dienone is 5. The van der Waals surface area contributed by atoms with Crippen LogP contribution in [0.5, 0.6) is 0 Å². The molecule has 346 valence electrons. The van der Waals surface area contributed by atoms with Gasteiger partial charge >= 0.3 is 0 Å². The lowest BCUT2D eigenvalue weighted by Crippen LogP contribution is -2.60. The molecule has 0 aliphatic carbocycles. The molecule has 6 N–H and O–H groups in total. The van der Waals surface area contributed by atoms with Crippen molar-refractivity contribution >= 4 is 5.91 Å². The lowest BCUT2D eigenvalue weighted by Gasteiger charge is -2.40. The smallest absolute Gasteiger partial charge is 0.220 e. The molecule has 0 bridgehead atoms. The van der Waals surface area contributed by atoms with Crippen LogP contribution in [0.1, 0.15) is 219 Å². The maximum atomic E-state index is 12.9. The Labute approximate surface area is 361 Å². The highest BCUT2D eigenvalue weighted by atomic mass is 16.7. The van der Waals surface area contributed by atoms with E-state index >= 15 is 0 Å². The number of unbranched alkanes of at least 4 members (excludes halogenated alkanes) is 27. The highest BCUT2D eigenvalue weighted by molar-refractivity contribution is 5.76. The van der Waals surface area contributed by atoms with Crippen molar-refractivity contribution < 1.29 is 39.8 Å². The second-order valence-corrected chi connectivity index (χ2v) is 17.2. The molecule has 7 unspecified atom stereocenters. The van der Waals surface area contributed by atoms with E-state index in [1.54, 1.807) is 6.08 Å². The number of aliphatic hydroxyl groups excluding tert-OH is 5. The molecule has 9 nitrogen and oxygen atoms in total. The summed E-state index contributed by atoms with van der Waals surface area (Å²) in [7, 11) is 0. The molecular weight excluding hydrogens is 743 g/mol. The van der Waals surface area contributed by atoms with Crippen molar-refractivity contribution in [2.75, 3.05) is 13.2 Å². The van der Waals surface area contributed by atoms with Crippen LogP contribution in [0.15, 0.2) is 36.5 Å². The second kappa shape index (κ2) is 40.5. The predicted molar refractivity (Wildman–Crippen MR) is 244 cm³/mol. The molecule has 7 atom stereocenters. The third-order valence-corrected chi connectivity index (χ3v) is 11.7. The lowest BCUT2D eigenvalue weighted by atomic mass is 9.99. The maximum Gasteiger partial charge on any atom is 0.220 e. The van der Waals surface area contributed by atoms with Crippen LogP contribution in [-0.2, 0) is 14.3 Å². The summed E-state index contributed by atoms with van der Waals surface area (Å²) in [6.45, 7) is 3.74. The van der Waals surface area contributed by atoms with Crippen molar-refractivity contribution in [1.29, 1.82) is 0 Å². The van der Waals surface area contributed by atoms with Crippen molar-refractivity contribution in [2.24, 2.45) is 0 Å². The third-order valence-electron chi connectivity index (χ3n) is 11.7. The summed E-state index contributed by atoms with van der Waals surface area (Å²) in [5.74, 6) is -0.193. The number of hydrogen-bond acceptors (Lipinski definition) is 8. The normalized spacial score (nSPS) is 21.0. The van der Waals surface area contributed by atoms with E-state index in [2.05, 4.69) is 43.5 Å². The first-order valence-corrected chi connectivity index (χ1v) is 24.7. The molecule has 1 amide bonds. The van der Waals surface area contributed by atoms with Gasteiger partial charge in [0, 0.05) is 6.42 Å². The van der Waals surface area contributed by atoms with Crippen LogP contribution in [0.3, 0.4) is 0 Å². The van der Waals surface area contributed by atoms with Crippen LogP contribution < -0.4 is 5.32 Å². The minimum atomic E-state index is -1.57. The van der Waals surface area contributed by atoms with E-state index in [0.29, 0.717) is 6.42 Å². The van der Waals surface area contributed by atoms with Gasteiger partial charge in [0.25, 0.3) is 0 Å². The van der Waals surface area contributed by atoms with Gasteiger partial charge in [-0.25, -0.2) is 0 Å². The van der Waals surface area contributed by atoms with Crippen molar-refractivity contribution in [1.82, 2.24) is 5.32 Å². The van der Waals surface area contributed by atoms with Crippen LogP contribution >= 0.6 is 0 Å². The van der Waals surface area contributed by atoms with Gasteiger partial charge in [-0.1, -0.05) is 204 Å². The molecule has 0 spiro atoms. The number of ether oxygens (including phenoxy) is 2. The molecule has 0 radical (unpaired) electrons. The Morgan fingerprint density at radius 2 is 0.966 bits per heavy atom. The molecule has 0 aromatic rings. The Morgan fingerprint density at radius 3 is 1.42 bits per heavy atom. The van der Waals surface area contributed by atoms with E-state index in [4.69, 9.17) is 9.47 Å². The molecule has 1 saturated heterocycles.